The Labute approximate surface area is 224 Å². The summed E-state index contributed by atoms with van der Waals surface area (Å²) in [6.45, 7) is 10.6. The maximum absolute atomic E-state index is 13.3. The lowest BCUT2D eigenvalue weighted by Crippen LogP contribution is -2.58. The van der Waals surface area contributed by atoms with Crippen LogP contribution in [0.15, 0.2) is 59.4 Å². The third-order valence-electron chi connectivity index (χ3n) is 8.58. The zero-order chi connectivity index (χ0) is 26.0. The number of thiophene rings is 1. The monoisotopic (exact) mass is 518 g/mol. The average Bonchev–Trinajstić information content (AvgIpc) is 3.44. The van der Waals surface area contributed by atoms with Crippen molar-refractivity contribution in [2.75, 3.05) is 31.1 Å². The predicted octanol–water partition coefficient (Wildman–Crippen LogP) is 5.16. The average molecular weight is 519 g/mol. The summed E-state index contributed by atoms with van der Waals surface area (Å²) in [6, 6.07) is 15.3. The molecule has 4 heterocycles. The van der Waals surface area contributed by atoms with E-state index >= 15 is 0 Å². The third kappa shape index (κ3) is 5.39. The first-order chi connectivity index (χ1) is 17.9. The number of benzene rings is 1. The van der Waals surface area contributed by atoms with Crippen LogP contribution in [0.1, 0.15) is 59.8 Å². The molecule has 0 atom stereocenters. The van der Waals surface area contributed by atoms with Crippen molar-refractivity contribution >= 4 is 22.9 Å². The van der Waals surface area contributed by atoms with Crippen molar-refractivity contribution in [3.63, 3.8) is 0 Å². The van der Waals surface area contributed by atoms with E-state index in [9.17, 15) is 10.0 Å². The predicted molar refractivity (Wildman–Crippen MR) is 150 cm³/mol. The van der Waals surface area contributed by atoms with Crippen molar-refractivity contribution in [2.45, 2.75) is 64.6 Å². The van der Waals surface area contributed by atoms with Crippen molar-refractivity contribution in [3.05, 3.63) is 87.0 Å². The van der Waals surface area contributed by atoms with Crippen LogP contribution in [0.5, 0.6) is 0 Å². The quantitative estimate of drug-likeness (QED) is 0.334. The topological polar surface area (TPSA) is 53.7 Å². The van der Waals surface area contributed by atoms with E-state index in [1.165, 1.54) is 17.4 Å². The van der Waals surface area contributed by atoms with Gasteiger partial charge < -0.3 is 15.0 Å². The maximum atomic E-state index is 13.3. The minimum Gasteiger partial charge on any atom is -0.618 e. The molecule has 2 aromatic heterocycles. The Bertz CT molecular complexity index is 1200. The van der Waals surface area contributed by atoms with Gasteiger partial charge in [-0.25, -0.2) is 0 Å². The molecular weight excluding hydrogens is 480 g/mol. The molecule has 0 N–H and O–H groups in total. The van der Waals surface area contributed by atoms with Crippen LogP contribution in [0.3, 0.4) is 0 Å². The second kappa shape index (κ2) is 10.8. The number of aryl methyl sites for hydroxylation is 1. The number of hydrogen-bond donors (Lipinski definition) is 0. The van der Waals surface area contributed by atoms with Crippen LogP contribution < -0.4 is 9.63 Å². The number of amides is 1. The Hall–Kier alpha value is -2.90. The van der Waals surface area contributed by atoms with Crippen LogP contribution in [0.4, 0.5) is 5.69 Å². The molecule has 1 aromatic carbocycles. The highest BCUT2D eigenvalue weighted by Gasteiger charge is 2.40. The number of likely N-dealkylation sites (tertiary alicyclic amines) is 2. The molecule has 7 heteroatoms. The molecule has 6 nitrogen and oxygen atoms in total. The first-order valence-electron chi connectivity index (χ1n) is 13.4. The van der Waals surface area contributed by atoms with Gasteiger partial charge in [-0.15, -0.1) is 0 Å². The van der Waals surface area contributed by atoms with Crippen LogP contribution in [0.2, 0.25) is 0 Å². The van der Waals surface area contributed by atoms with Crippen LogP contribution in [0, 0.1) is 19.1 Å². The summed E-state index contributed by atoms with van der Waals surface area (Å²) in [4.78, 5) is 20.5. The fourth-order valence-electron chi connectivity index (χ4n) is 6.11. The van der Waals surface area contributed by atoms with E-state index in [1.807, 2.05) is 11.8 Å². The van der Waals surface area contributed by atoms with Gasteiger partial charge in [-0.2, -0.15) is 16.1 Å². The van der Waals surface area contributed by atoms with Crippen molar-refractivity contribution in [1.82, 2.24) is 9.80 Å². The summed E-state index contributed by atoms with van der Waals surface area (Å²) in [7, 11) is 0. The van der Waals surface area contributed by atoms with Crippen LogP contribution in [-0.4, -0.2) is 53.5 Å². The zero-order valence-electron chi connectivity index (χ0n) is 22.2. The lowest BCUT2D eigenvalue weighted by molar-refractivity contribution is -0.612. The molecule has 2 aliphatic heterocycles. The second-order valence-electron chi connectivity index (χ2n) is 10.9. The molecule has 0 bridgehead atoms. The fourth-order valence-corrected chi connectivity index (χ4v) is 6.77. The normalized spacial score (nSPS) is 18.6. The summed E-state index contributed by atoms with van der Waals surface area (Å²) in [5.41, 5.74) is 4.71. The summed E-state index contributed by atoms with van der Waals surface area (Å²) >= 11 is 1.77. The molecule has 1 amide bonds. The van der Waals surface area contributed by atoms with E-state index in [2.05, 4.69) is 63.9 Å². The van der Waals surface area contributed by atoms with Gasteiger partial charge in [0.25, 0.3) is 5.91 Å². The van der Waals surface area contributed by atoms with Gasteiger partial charge in [0.2, 0.25) is 5.69 Å². The second-order valence-corrected chi connectivity index (χ2v) is 11.7. The lowest BCUT2D eigenvalue weighted by Gasteiger charge is -2.50. The van der Waals surface area contributed by atoms with E-state index < -0.39 is 0 Å². The van der Waals surface area contributed by atoms with Gasteiger partial charge >= 0.3 is 0 Å². The molecular formula is C30H38N4O2S. The molecule has 0 spiro atoms. The molecule has 0 aliphatic carbocycles. The number of pyridine rings is 1. The summed E-state index contributed by atoms with van der Waals surface area (Å²) in [6.07, 6.45) is 5.69. The van der Waals surface area contributed by atoms with Gasteiger partial charge in [0, 0.05) is 63.0 Å². The third-order valence-corrected chi connectivity index (χ3v) is 9.31. The highest BCUT2D eigenvalue weighted by molar-refractivity contribution is 7.07. The smallest absolute Gasteiger partial charge is 0.260 e. The summed E-state index contributed by atoms with van der Waals surface area (Å²) in [5, 5.41) is 16.5. The van der Waals surface area contributed by atoms with Gasteiger partial charge in [0.1, 0.15) is 5.56 Å². The highest BCUT2D eigenvalue weighted by atomic mass is 32.1. The number of anilines is 1. The molecule has 3 aromatic rings. The maximum Gasteiger partial charge on any atom is 0.260 e. The van der Waals surface area contributed by atoms with Gasteiger partial charge in [-0.1, -0.05) is 18.2 Å². The van der Waals surface area contributed by atoms with Gasteiger partial charge in [0.15, 0.2) is 6.20 Å². The Morgan fingerprint density at radius 2 is 1.78 bits per heavy atom. The van der Waals surface area contributed by atoms with Gasteiger partial charge in [-0.05, 0) is 79.6 Å². The number of carbonyl (C=O) groups excluding carboxylic acids is 1. The Morgan fingerprint density at radius 1 is 1.08 bits per heavy atom. The molecule has 196 valence electrons. The van der Waals surface area contributed by atoms with E-state index in [0.29, 0.717) is 17.3 Å². The molecule has 2 saturated heterocycles. The lowest BCUT2D eigenvalue weighted by atomic mass is 9.85. The Kier molecular flexibility index (Phi) is 7.54. The highest BCUT2D eigenvalue weighted by Crippen LogP contribution is 2.34. The van der Waals surface area contributed by atoms with Crippen molar-refractivity contribution in [1.29, 1.82) is 0 Å². The number of nitrogens with zero attached hydrogens (tertiary/aromatic N) is 4. The van der Waals surface area contributed by atoms with Gasteiger partial charge in [-0.3, -0.25) is 9.69 Å². The van der Waals surface area contributed by atoms with E-state index in [0.717, 1.165) is 68.7 Å². The van der Waals surface area contributed by atoms with E-state index in [1.54, 1.807) is 24.3 Å². The Balaban J connectivity index is 1.21. The molecule has 37 heavy (non-hydrogen) atoms. The minimum absolute atomic E-state index is 0.00658. The molecule has 2 fully saturated rings. The van der Waals surface area contributed by atoms with E-state index in [4.69, 9.17) is 0 Å². The first kappa shape index (κ1) is 25.7. The molecule has 0 unspecified atom stereocenters. The zero-order valence-corrected chi connectivity index (χ0v) is 23.0. The van der Waals surface area contributed by atoms with Crippen LogP contribution in [0.25, 0.3) is 0 Å². The van der Waals surface area contributed by atoms with Crippen molar-refractivity contribution < 1.29 is 9.52 Å². The summed E-state index contributed by atoms with van der Waals surface area (Å²) in [5.74, 6) is -0.00658. The molecule has 2 aliphatic rings. The number of rotatable bonds is 6. The number of aromatic nitrogens is 1. The summed E-state index contributed by atoms with van der Waals surface area (Å²) < 4.78 is 0.801. The molecule has 0 radical (unpaired) electrons. The van der Waals surface area contributed by atoms with Gasteiger partial charge in [0.05, 0.1) is 0 Å². The van der Waals surface area contributed by atoms with Crippen LogP contribution in [-0.2, 0) is 6.54 Å². The van der Waals surface area contributed by atoms with E-state index in [-0.39, 0.29) is 11.4 Å². The number of hydrogen-bond acceptors (Lipinski definition) is 5. The Morgan fingerprint density at radius 3 is 2.43 bits per heavy atom. The fraction of sp³-hybridized carbons (Fsp3) is 0.467. The number of para-hydroxylation sites is 1. The SMILES string of the molecule is Cc1cc[n+]([O-])c(C)c1C(=O)N1CCC(C)(N2CCC(N(Cc3ccsc3)c3ccccc3)CC2)CC1. The van der Waals surface area contributed by atoms with Crippen LogP contribution >= 0.6 is 11.3 Å². The minimum atomic E-state index is -0.00658. The number of carbonyl (C=O) groups is 1. The standard InChI is InChI=1S/C30H38N4O2S/c1-23-9-17-34(36)24(2)28(23)29(35)31-18-13-30(3,14-19-31)32-15-10-27(11-16-32)33(21-25-12-20-37-22-25)26-7-5-4-6-8-26/h4-9,12,17,20,22,27H,10-11,13-16,18-19,21H2,1-3H3. The number of piperidine rings is 2. The largest absolute Gasteiger partial charge is 0.618 e. The first-order valence-corrected chi connectivity index (χ1v) is 14.4. The van der Waals surface area contributed by atoms with Crippen molar-refractivity contribution in [2.24, 2.45) is 0 Å². The molecule has 0 saturated carbocycles. The van der Waals surface area contributed by atoms with Crippen molar-refractivity contribution in [3.8, 4) is 0 Å². The molecule has 5 rings (SSSR count).